The number of hydrogen-bond donors (Lipinski definition) is 2. The van der Waals surface area contributed by atoms with Gasteiger partial charge >= 0.3 is 0 Å². The Labute approximate surface area is 142 Å². The maximum atomic E-state index is 12.5. The normalized spacial score (nSPS) is 21.3. The lowest BCUT2D eigenvalue weighted by Crippen LogP contribution is -2.45. The summed E-state index contributed by atoms with van der Waals surface area (Å²) in [6.45, 7) is 0. The van der Waals surface area contributed by atoms with Crippen LogP contribution in [0.25, 0.3) is 0 Å². The van der Waals surface area contributed by atoms with E-state index in [1.807, 2.05) is 24.3 Å². The summed E-state index contributed by atoms with van der Waals surface area (Å²) in [5.41, 5.74) is 6.34. The average molecular weight is 329 g/mol. The predicted octanol–water partition coefficient (Wildman–Crippen LogP) is 1.54. The number of nitrogens with one attached hydrogen (secondary N) is 1. The van der Waals surface area contributed by atoms with Crippen molar-refractivity contribution in [1.29, 1.82) is 5.26 Å². The van der Waals surface area contributed by atoms with Gasteiger partial charge in [-0.3, -0.25) is 9.59 Å². The van der Waals surface area contributed by atoms with E-state index in [9.17, 15) is 14.9 Å². The molecule has 0 aliphatic heterocycles. The SMILES string of the molecule is COc1ccc(CC(C#N)NC(=O)[C@@H]2CCCC[C@@H]2C(N)=O)cc1. The average Bonchev–Trinajstić information content (AvgIpc) is 2.61. The Hall–Kier alpha value is -2.55. The first-order chi connectivity index (χ1) is 11.5. The van der Waals surface area contributed by atoms with Gasteiger partial charge in [0.2, 0.25) is 11.8 Å². The first-order valence-electron chi connectivity index (χ1n) is 8.17. The summed E-state index contributed by atoms with van der Waals surface area (Å²) in [6, 6.07) is 8.83. The highest BCUT2D eigenvalue weighted by atomic mass is 16.5. The highest BCUT2D eigenvalue weighted by Gasteiger charge is 2.35. The molecule has 0 saturated heterocycles. The fraction of sp³-hybridized carbons (Fsp3) is 0.500. The van der Waals surface area contributed by atoms with Gasteiger partial charge in [-0.2, -0.15) is 5.26 Å². The van der Waals surface area contributed by atoms with Crippen LogP contribution in [0.5, 0.6) is 5.75 Å². The van der Waals surface area contributed by atoms with Gasteiger partial charge < -0.3 is 15.8 Å². The van der Waals surface area contributed by atoms with Gasteiger partial charge in [-0.15, -0.1) is 0 Å². The first-order valence-corrected chi connectivity index (χ1v) is 8.17. The van der Waals surface area contributed by atoms with Crippen LogP contribution in [0, 0.1) is 23.2 Å². The molecule has 2 rings (SSSR count). The summed E-state index contributed by atoms with van der Waals surface area (Å²) in [7, 11) is 1.59. The number of hydrogen-bond acceptors (Lipinski definition) is 4. The Morgan fingerprint density at radius 3 is 2.46 bits per heavy atom. The lowest BCUT2D eigenvalue weighted by Gasteiger charge is -2.29. The molecule has 1 aliphatic carbocycles. The lowest BCUT2D eigenvalue weighted by molar-refractivity contribution is -0.135. The Kier molecular flexibility index (Phi) is 6.19. The number of benzene rings is 1. The number of rotatable bonds is 6. The quantitative estimate of drug-likeness (QED) is 0.825. The molecule has 0 aromatic heterocycles. The smallest absolute Gasteiger partial charge is 0.224 e. The van der Waals surface area contributed by atoms with Crippen LogP contribution in [-0.4, -0.2) is 25.0 Å². The van der Waals surface area contributed by atoms with Crippen molar-refractivity contribution >= 4 is 11.8 Å². The molecular weight excluding hydrogens is 306 g/mol. The molecule has 1 unspecified atom stereocenters. The number of carbonyl (C=O) groups excluding carboxylic acids is 2. The fourth-order valence-electron chi connectivity index (χ4n) is 3.19. The van der Waals surface area contributed by atoms with Gasteiger partial charge in [0.05, 0.1) is 13.2 Å². The molecule has 3 N–H and O–H groups in total. The van der Waals surface area contributed by atoms with Crippen LogP contribution in [0.2, 0.25) is 0 Å². The van der Waals surface area contributed by atoms with E-state index in [0.717, 1.165) is 24.2 Å². The van der Waals surface area contributed by atoms with Gasteiger partial charge in [0.1, 0.15) is 11.8 Å². The number of methoxy groups -OCH3 is 1. The van der Waals surface area contributed by atoms with Gasteiger partial charge in [-0.25, -0.2) is 0 Å². The summed E-state index contributed by atoms with van der Waals surface area (Å²) in [6.07, 6.45) is 3.49. The maximum absolute atomic E-state index is 12.5. The van der Waals surface area contributed by atoms with Crippen LogP contribution in [0.1, 0.15) is 31.2 Å². The monoisotopic (exact) mass is 329 g/mol. The standard InChI is InChI=1S/C18H23N3O3/c1-24-14-8-6-12(7-9-14)10-13(11-19)21-18(23)16-5-3-2-4-15(16)17(20)22/h6-9,13,15-16H,2-5,10H2,1H3,(H2,20,22)(H,21,23)/t13?,15-,16+/m0/s1. The number of primary amides is 1. The molecule has 1 aromatic rings. The number of carbonyl (C=O) groups is 2. The number of ether oxygens (including phenoxy) is 1. The molecule has 1 aromatic carbocycles. The molecular formula is C18H23N3O3. The first kappa shape index (κ1) is 17.8. The topological polar surface area (TPSA) is 105 Å². The third-order valence-electron chi connectivity index (χ3n) is 4.54. The van der Waals surface area contributed by atoms with Crippen LogP contribution in [0.3, 0.4) is 0 Å². The van der Waals surface area contributed by atoms with E-state index < -0.39 is 23.8 Å². The molecule has 2 amide bonds. The van der Waals surface area contributed by atoms with Crippen molar-refractivity contribution in [2.75, 3.05) is 7.11 Å². The minimum absolute atomic E-state index is 0.251. The van der Waals surface area contributed by atoms with E-state index in [0.29, 0.717) is 19.3 Å². The van der Waals surface area contributed by atoms with Crippen LogP contribution >= 0.6 is 0 Å². The van der Waals surface area contributed by atoms with Crippen molar-refractivity contribution in [3.05, 3.63) is 29.8 Å². The molecule has 128 valence electrons. The van der Waals surface area contributed by atoms with E-state index in [4.69, 9.17) is 10.5 Å². The minimum atomic E-state index is -0.638. The second-order valence-electron chi connectivity index (χ2n) is 6.14. The van der Waals surface area contributed by atoms with E-state index in [1.54, 1.807) is 7.11 Å². The van der Waals surface area contributed by atoms with Crippen LogP contribution < -0.4 is 15.8 Å². The fourth-order valence-corrected chi connectivity index (χ4v) is 3.19. The number of amides is 2. The molecule has 1 fully saturated rings. The van der Waals surface area contributed by atoms with Crippen molar-refractivity contribution in [3.8, 4) is 11.8 Å². The Morgan fingerprint density at radius 2 is 1.92 bits per heavy atom. The molecule has 0 heterocycles. The zero-order chi connectivity index (χ0) is 17.5. The molecule has 0 spiro atoms. The summed E-state index contributed by atoms with van der Waals surface area (Å²) in [4.78, 5) is 24.0. The third-order valence-corrected chi connectivity index (χ3v) is 4.54. The van der Waals surface area contributed by atoms with E-state index in [1.165, 1.54) is 0 Å². The highest BCUT2D eigenvalue weighted by molar-refractivity contribution is 5.87. The van der Waals surface area contributed by atoms with Crippen molar-refractivity contribution in [2.24, 2.45) is 17.6 Å². The second kappa shape index (κ2) is 8.34. The second-order valence-corrected chi connectivity index (χ2v) is 6.14. The molecule has 24 heavy (non-hydrogen) atoms. The van der Waals surface area contributed by atoms with Crippen molar-refractivity contribution in [2.45, 2.75) is 38.1 Å². The third kappa shape index (κ3) is 4.48. The summed E-state index contributed by atoms with van der Waals surface area (Å²) in [5.74, 6) is -0.804. The summed E-state index contributed by atoms with van der Waals surface area (Å²) < 4.78 is 5.10. The van der Waals surface area contributed by atoms with Crippen molar-refractivity contribution < 1.29 is 14.3 Å². The molecule has 6 nitrogen and oxygen atoms in total. The zero-order valence-corrected chi connectivity index (χ0v) is 13.8. The van der Waals surface area contributed by atoms with E-state index in [-0.39, 0.29) is 5.91 Å². The van der Waals surface area contributed by atoms with Gasteiger partial charge in [-0.05, 0) is 30.5 Å². The van der Waals surface area contributed by atoms with Crippen LogP contribution in [0.15, 0.2) is 24.3 Å². The van der Waals surface area contributed by atoms with Crippen molar-refractivity contribution in [3.63, 3.8) is 0 Å². The Bertz CT molecular complexity index is 621. The van der Waals surface area contributed by atoms with Crippen LogP contribution in [-0.2, 0) is 16.0 Å². The van der Waals surface area contributed by atoms with Gasteiger partial charge in [0.25, 0.3) is 0 Å². The van der Waals surface area contributed by atoms with E-state index in [2.05, 4.69) is 11.4 Å². The summed E-state index contributed by atoms with van der Waals surface area (Å²) >= 11 is 0. The highest BCUT2D eigenvalue weighted by Crippen LogP contribution is 2.30. The number of nitrogens with two attached hydrogens (primary N) is 1. The number of nitrogens with zero attached hydrogens (tertiary/aromatic N) is 1. The van der Waals surface area contributed by atoms with Gasteiger partial charge in [0, 0.05) is 18.3 Å². The molecule has 3 atom stereocenters. The Morgan fingerprint density at radius 1 is 1.29 bits per heavy atom. The van der Waals surface area contributed by atoms with Crippen LogP contribution in [0.4, 0.5) is 0 Å². The molecule has 6 heteroatoms. The molecule has 0 radical (unpaired) electrons. The molecule has 0 bridgehead atoms. The predicted molar refractivity (Wildman–Crippen MR) is 88.9 cm³/mol. The van der Waals surface area contributed by atoms with Gasteiger partial charge in [0.15, 0.2) is 0 Å². The molecule has 1 aliphatic rings. The van der Waals surface area contributed by atoms with Crippen molar-refractivity contribution in [1.82, 2.24) is 5.32 Å². The maximum Gasteiger partial charge on any atom is 0.224 e. The lowest BCUT2D eigenvalue weighted by atomic mass is 9.78. The zero-order valence-electron chi connectivity index (χ0n) is 13.8. The largest absolute Gasteiger partial charge is 0.497 e. The minimum Gasteiger partial charge on any atom is -0.497 e. The van der Waals surface area contributed by atoms with E-state index >= 15 is 0 Å². The molecule has 1 saturated carbocycles. The van der Waals surface area contributed by atoms with Gasteiger partial charge in [-0.1, -0.05) is 25.0 Å². The Balaban J connectivity index is 1.99. The summed E-state index contributed by atoms with van der Waals surface area (Å²) in [5, 5.41) is 12.1. The number of nitriles is 1.